The predicted octanol–water partition coefficient (Wildman–Crippen LogP) is 10.6. The molecule has 202 valence electrons. The Kier molecular flexibility index (Phi) is 6.32. The molecule has 0 amide bonds. The van der Waals surface area contributed by atoms with Crippen LogP contribution >= 0.6 is 11.3 Å². The Labute approximate surface area is 253 Å². The van der Waals surface area contributed by atoms with Gasteiger partial charge in [0.05, 0.1) is 0 Å². The molecule has 0 radical (unpaired) electrons. The molecule has 0 saturated heterocycles. The second-order valence-corrected chi connectivity index (χ2v) is 11.6. The topological polar surface area (TPSA) is 38.7 Å². The lowest BCUT2D eigenvalue weighted by molar-refractivity contribution is 1.07. The summed E-state index contributed by atoms with van der Waals surface area (Å²) in [6, 6.07) is 52.8. The van der Waals surface area contributed by atoms with Gasteiger partial charge in [0.15, 0.2) is 17.5 Å². The zero-order valence-corrected chi connectivity index (χ0v) is 24.0. The molecule has 0 saturated carbocycles. The standard InChI is InChI=1S/C39H25N3S/c1-3-11-26(12-4-1)28-15-9-17-31(23-28)38-40-37(27-13-5-2-6-14-27)41-39(42-38)32-18-10-16-29(24-32)30-21-22-34-33-19-7-8-20-35(33)43-36(34)25-30/h1-25H. The van der Waals surface area contributed by atoms with Crippen molar-refractivity contribution < 1.29 is 0 Å². The Bertz CT molecular complexity index is 2240. The summed E-state index contributed by atoms with van der Waals surface area (Å²) in [5.74, 6) is 1.96. The molecule has 0 fully saturated rings. The molecule has 2 heterocycles. The molecule has 6 aromatic carbocycles. The Morgan fingerprint density at radius 2 is 0.767 bits per heavy atom. The van der Waals surface area contributed by atoms with Crippen LogP contribution in [0.25, 0.3) is 76.6 Å². The lowest BCUT2D eigenvalue weighted by Gasteiger charge is -2.10. The third-order valence-electron chi connectivity index (χ3n) is 7.73. The molecule has 0 atom stereocenters. The van der Waals surface area contributed by atoms with Gasteiger partial charge in [0.25, 0.3) is 0 Å². The molecule has 0 N–H and O–H groups in total. The lowest BCUT2D eigenvalue weighted by Crippen LogP contribution is -2.00. The first kappa shape index (κ1) is 25.3. The first-order valence-electron chi connectivity index (χ1n) is 14.3. The van der Waals surface area contributed by atoms with Gasteiger partial charge in [-0.25, -0.2) is 15.0 Å². The van der Waals surface area contributed by atoms with Crippen LogP contribution in [-0.2, 0) is 0 Å². The third-order valence-corrected chi connectivity index (χ3v) is 8.86. The van der Waals surface area contributed by atoms with E-state index >= 15 is 0 Å². The Balaban J connectivity index is 1.24. The van der Waals surface area contributed by atoms with Gasteiger partial charge in [-0.05, 0) is 46.5 Å². The van der Waals surface area contributed by atoms with Crippen LogP contribution in [0.1, 0.15) is 0 Å². The van der Waals surface area contributed by atoms with Crippen molar-refractivity contribution in [3.05, 3.63) is 152 Å². The highest BCUT2D eigenvalue weighted by Gasteiger charge is 2.14. The first-order chi connectivity index (χ1) is 21.3. The van der Waals surface area contributed by atoms with E-state index in [0.29, 0.717) is 17.5 Å². The maximum atomic E-state index is 5.03. The molecular formula is C39H25N3S. The number of fused-ring (bicyclic) bond motifs is 3. The van der Waals surface area contributed by atoms with Crippen molar-refractivity contribution in [2.24, 2.45) is 0 Å². The number of hydrogen-bond donors (Lipinski definition) is 0. The molecule has 4 heteroatoms. The van der Waals surface area contributed by atoms with Crippen LogP contribution in [0.2, 0.25) is 0 Å². The van der Waals surface area contributed by atoms with Gasteiger partial charge >= 0.3 is 0 Å². The number of aromatic nitrogens is 3. The second-order valence-electron chi connectivity index (χ2n) is 10.5. The maximum absolute atomic E-state index is 5.03. The highest BCUT2D eigenvalue weighted by molar-refractivity contribution is 7.25. The van der Waals surface area contributed by atoms with Crippen molar-refractivity contribution in [2.45, 2.75) is 0 Å². The van der Waals surface area contributed by atoms with Gasteiger partial charge in [-0.2, -0.15) is 0 Å². The van der Waals surface area contributed by atoms with E-state index in [2.05, 4.69) is 115 Å². The van der Waals surface area contributed by atoms with Crippen molar-refractivity contribution >= 4 is 31.5 Å². The van der Waals surface area contributed by atoms with Crippen LogP contribution in [0, 0.1) is 0 Å². The molecule has 0 unspecified atom stereocenters. The van der Waals surface area contributed by atoms with Crippen LogP contribution in [0.3, 0.4) is 0 Å². The minimum atomic E-state index is 0.652. The van der Waals surface area contributed by atoms with E-state index in [0.717, 1.165) is 33.4 Å². The van der Waals surface area contributed by atoms with Gasteiger partial charge in [0.2, 0.25) is 0 Å². The molecular weight excluding hydrogens is 543 g/mol. The fraction of sp³-hybridized carbons (Fsp3) is 0. The van der Waals surface area contributed by atoms with Crippen molar-refractivity contribution in [2.75, 3.05) is 0 Å². The Morgan fingerprint density at radius 1 is 0.302 bits per heavy atom. The van der Waals surface area contributed by atoms with Crippen molar-refractivity contribution in [1.29, 1.82) is 0 Å². The Hall–Kier alpha value is -5.45. The van der Waals surface area contributed by atoms with E-state index in [-0.39, 0.29) is 0 Å². The van der Waals surface area contributed by atoms with E-state index in [1.165, 1.54) is 25.7 Å². The quantitative estimate of drug-likeness (QED) is 0.208. The highest BCUT2D eigenvalue weighted by Crippen LogP contribution is 2.37. The van der Waals surface area contributed by atoms with Gasteiger partial charge in [-0.1, -0.05) is 127 Å². The number of rotatable bonds is 5. The van der Waals surface area contributed by atoms with Gasteiger partial charge in [-0.15, -0.1) is 11.3 Å². The van der Waals surface area contributed by atoms with Gasteiger partial charge in [-0.3, -0.25) is 0 Å². The fourth-order valence-corrected chi connectivity index (χ4v) is 6.71. The van der Waals surface area contributed by atoms with E-state index in [1.54, 1.807) is 0 Å². The van der Waals surface area contributed by atoms with E-state index in [9.17, 15) is 0 Å². The molecule has 43 heavy (non-hydrogen) atoms. The normalized spacial score (nSPS) is 11.3. The number of thiophene rings is 1. The number of benzene rings is 6. The third kappa shape index (κ3) is 4.88. The van der Waals surface area contributed by atoms with Crippen LogP contribution in [0.15, 0.2) is 152 Å². The van der Waals surface area contributed by atoms with E-state index in [4.69, 9.17) is 15.0 Å². The van der Waals surface area contributed by atoms with Gasteiger partial charge in [0, 0.05) is 36.9 Å². The van der Waals surface area contributed by atoms with Gasteiger partial charge in [0.1, 0.15) is 0 Å². The smallest absolute Gasteiger partial charge is 0.164 e. The van der Waals surface area contributed by atoms with Crippen molar-refractivity contribution in [3.8, 4) is 56.4 Å². The molecule has 8 aromatic rings. The predicted molar refractivity (Wildman–Crippen MR) is 180 cm³/mol. The molecule has 3 nitrogen and oxygen atoms in total. The molecule has 0 bridgehead atoms. The summed E-state index contributed by atoms with van der Waals surface area (Å²) in [7, 11) is 0. The maximum Gasteiger partial charge on any atom is 0.164 e. The number of nitrogens with zero attached hydrogens (tertiary/aromatic N) is 3. The number of hydrogen-bond acceptors (Lipinski definition) is 4. The summed E-state index contributed by atoms with van der Waals surface area (Å²) in [4.78, 5) is 14.9. The van der Waals surface area contributed by atoms with Gasteiger partial charge < -0.3 is 0 Å². The summed E-state index contributed by atoms with van der Waals surface area (Å²) >= 11 is 1.84. The summed E-state index contributed by atoms with van der Waals surface area (Å²) in [5.41, 5.74) is 7.45. The minimum absolute atomic E-state index is 0.652. The monoisotopic (exact) mass is 567 g/mol. The molecule has 0 aliphatic rings. The van der Waals surface area contributed by atoms with Crippen LogP contribution in [0.4, 0.5) is 0 Å². The van der Waals surface area contributed by atoms with Crippen LogP contribution < -0.4 is 0 Å². The molecule has 2 aromatic heterocycles. The summed E-state index contributed by atoms with van der Waals surface area (Å²) in [5, 5.41) is 2.61. The SMILES string of the molecule is c1ccc(-c2cccc(-c3nc(-c4ccccc4)nc(-c4cccc(-c5ccc6c(c5)sc5ccccc56)c4)n3)c2)cc1. The summed E-state index contributed by atoms with van der Waals surface area (Å²) < 4.78 is 2.60. The summed E-state index contributed by atoms with van der Waals surface area (Å²) in [6.45, 7) is 0. The first-order valence-corrected chi connectivity index (χ1v) is 15.1. The van der Waals surface area contributed by atoms with Crippen molar-refractivity contribution in [3.63, 3.8) is 0 Å². The lowest BCUT2D eigenvalue weighted by atomic mass is 10.0. The molecule has 0 aliphatic heterocycles. The molecule has 0 spiro atoms. The van der Waals surface area contributed by atoms with E-state index < -0.39 is 0 Å². The van der Waals surface area contributed by atoms with Crippen LogP contribution in [-0.4, -0.2) is 15.0 Å². The average molecular weight is 568 g/mol. The highest BCUT2D eigenvalue weighted by atomic mass is 32.1. The zero-order chi connectivity index (χ0) is 28.6. The Morgan fingerprint density at radius 3 is 1.44 bits per heavy atom. The fourth-order valence-electron chi connectivity index (χ4n) is 5.56. The van der Waals surface area contributed by atoms with E-state index in [1.807, 2.05) is 47.7 Å². The second kappa shape index (κ2) is 10.8. The zero-order valence-electron chi connectivity index (χ0n) is 23.2. The molecule has 8 rings (SSSR count). The minimum Gasteiger partial charge on any atom is -0.208 e. The molecule has 0 aliphatic carbocycles. The average Bonchev–Trinajstić information content (AvgIpc) is 3.47. The summed E-state index contributed by atoms with van der Waals surface area (Å²) in [6.07, 6.45) is 0. The largest absolute Gasteiger partial charge is 0.208 e. The van der Waals surface area contributed by atoms with Crippen molar-refractivity contribution in [1.82, 2.24) is 15.0 Å². The van der Waals surface area contributed by atoms with Crippen LogP contribution in [0.5, 0.6) is 0 Å².